The zero-order chi connectivity index (χ0) is 18.6. The monoisotopic (exact) mass is 395 g/mol. The fourth-order valence-electron chi connectivity index (χ4n) is 2.91. The molecule has 1 fully saturated rings. The average Bonchev–Trinajstić information content (AvgIpc) is 3.34. The van der Waals surface area contributed by atoms with E-state index in [-0.39, 0.29) is 16.9 Å². The van der Waals surface area contributed by atoms with Crippen molar-refractivity contribution in [3.8, 4) is 5.75 Å². The first-order valence-corrected chi connectivity index (χ1v) is 10.7. The molecule has 0 bridgehead atoms. The molecule has 0 radical (unpaired) electrons. The van der Waals surface area contributed by atoms with Crippen LogP contribution in [0.15, 0.2) is 46.0 Å². The second kappa shape index (κ2) is 8.09. The molecule has 1 heterocycles. The van der Waals surface area contributed by atoms with E-state index in [0.29, 0.717) is 11.4 Å². The molecule has 1 saturated carbocycles. The Balaban J connectivity index is 1.85. The minimum absolute atomic E-state index is 0.174. The van der Waals surface area contributed by atoms with Gasteiger partial charge in [-0.3, -0.25) is 9.10 Å². The molecule has 6 nitrogen and oxygen atoms in total. The maximum atomic E-state index is 12.9. The van der Waals surface area contributed by atoms with Crippen molar-refractivity contribution in [3.05, 3.63) is 41.8 Å². The number of ether oxygens (including phenoxy) is 2. The maximum absolute atomic E-state index is 12.9. The van der Waals surface area contributed by atoms with Crippen LogP contribution in [0.2, 0.25) is 0 Å². The molecule has 0 saturated heterocycles. The molecule has 26 heavy (non-hydrogen) atoms. The summed E-state index contributed by atoms with van der Waals surface area (Å²) in [5, 5.41) is 1.68. The Bertz CT molecular complexity index is 825. The van der Waals surface area contributed by atoms with Crippen LogP contribution < -0.4 is 9.04 Å². The van der Waals surface area contributed by atoms with Crippen molar-refractivity contribution in [2.75, 3.05) is 18.0 Å². The summed E-state index contributed by atoms with van der Waals surface area (Å²) in [7, 11) is -2.61. The van der Waals surface area contributed by atoms with Gasteiger partial charge in [0.1, 0.15) is 16.5 Å². The summed E-state index contributed by atoms with van der Waals surface area (Å²) in [5.74, 6) is 0.0728. The molecule has 0 unspecified atom stereocenters. The van der Waals surface area contributed by atoms with Gasteiger partial charge in [0.15, 0.2) is 0 Å². The molecule has 3 rings (SSSR count). The molecule has 1 aromatic heterocycles. The maximum Gasteiger partial charge on any atom is 0.326 e. The lowest BCUT2D eigenvalue weighted by molar-refractivity contribution is -0.138. The number of hydrogen-bond donors (Lipinski definition) is 0. The molecule has 1 aliphatic carbocycles. The van der Waals surface area contributed by atoms with Gasteiger partial charge in [-0.2, -0.15) is 0 Å². The minimum Gasteiger partial charge on any atom is -0.490 e. The van der Waals surface area contributed by atoms with E-state index in [4.69, 9.17) is 4.74 Å². The van der Waals surface area contributed by atoms with Crippen molar-refractivity contribution in [1.29, 1.82) is 0 Å². The zero-order valence-corrected chi connectivity index (χ0v) is 16.1. The van der Waals surface area contributed by atoms with Crippen LogP contribution in [0.5, 0.6) is 5.75 Å². The molecule has 2 aromatic rings. The van der Waals surface area contributed by atoms with Crippen LogP contribution in [0, 0.1) is 0 Å². The van der Waals surface area contributed by atoms with Crippen LogP contribution in [0.1, 0.15) is 25.7 Å². The van der Waals surface area contributed by atoms with Gasteiger partial charge in [-0.15, -0.1) is 11.3 Å². The second-order valence-electron chi connectivity index (χ2n) is 6.04. The molecule has 8 heteroatoms. The summed E-state index contributed by atoms with van der Waals surface area (Å²) in [6.07, 6.45) is 4.66. The van der Waals surface area contributed by atoms with Crippen LogP contribution >= 0.6 is 11.3 Å². The first kappa shape index (κ1) is 18.7. The number of carbonyl (C=O) groups is 1. The zero-order valence-electron chi connectivity index (χ0n) is 14.5. The Labute approximate surface area is 157 Å². The molecule has 1 aliphatic rings. The third-order valence-electron chi connectivity index (χ3n) is 4.27. The molecule has 140 valence electrons. The van der Waals surface area contributed by atoms with Crippen LogP contribution in [0.3, 0.4) is 0 Å². The van der Waals surface area contributed by atoms with E-state index in [1.807, 2.05) is 0 Å². The van der Waals surface area contributed by atoms with Crippen LogP contribution in [0.4, 0.5) is 5.69 Å². The number of esters is 1. The average molecular weight is 396 g/mol. The van der Waals surface area contributed by atoms with Crippen molar-refractivity contribution in [3.63, 3.8) is 0 Å². The third-order valence-corrected chi connectivity index (χ3v) is 7.42. The third kappa shape index (κ3) is 4.19. The van der Waals surface area contributed by atoms with E-state index in [9.17, 15) is 13.2 Å². The van der Waals surface area contributed by atoms with Crippen molar-refractivity contribution >= 4 is 33.0 Å². The number of methoxy groups -OCH3 is 1. The smallest absolute Gasteiger partial charge is 0.326 e. The fourth-order valence-corrected chi connectivity index (χ4v) is 5.42. The first-order valence-electron chi connectivity index (χ1n) is 8.40. The van der Waals surface area contributed by atoms with Crippen molar-refractivity contribution in [1.82, 2.24) is 0 Å². The van der Waals surface area contributed by atoms with Gasteiger partial charge in [-0.05, 0) is 61.4 Å². The van der Waals surface area contributed by atoms with Crippen LogP contribution in [-0.2, 0) is 19.6 Å². The Hall–Kier alpha value is -2.06. The van der Waals surface area contributed by atoms with Crippen molar-refractivity contribution < 1.29 is 22.7 Å². The quantitative estimate of drug-likeness (QED) is 0.672. The number of anilines is 1. The van der Waals surface area contributed by atoms with E-state index < -0.39 is 16.0 Å². The highest BCUT2D eigenvalue weighted by Gasteiger charge is 2.28. The lowest BCUT2D eigenvalue weighted by Crippen LogP contribution is -2.35. The number of benzene rings is 1. The summed E-state index contributed by atoms with van der Waals surface area (Å²) in [5.41, 5.74) is 0.391. The molecule has 1 aromatic carbocycles. The lowest BCUT2D eigenvalue weighted by atomic mass is 10.2. The predicted octanol–water partition coefficient (Wildman–Crippen LogP) is 3.44. The number of rotatable bonds is 7. The van der Waals surface area contributed by atoms with Crippen molar-refractivity contribution in [2.24, 2.45) is 0 Å². The molecule has 0 aliphatic heterocycles. The Morgan fingerprint density at radius 2 is 1.88 bits per heavy atom. The van der Waals surface area contributed by atoms with E-state index in [1.165, 1.54) is 26.0 Å². The van der Waals surface area contributed by atoms with E-state index >= 15 is 0 Å². The highest BCUT2D eigenvalue weighted by atomic mass is 32.2. The highest BCUT2D eigenvalue weighted by molar-refractivity contribution is 7.94. The van der Waals surface area contributed by atoms with Gasteiger partial charge in [0.2, 0.25) is 0 Å². The SMILES string of the molecule is COC(=O)CN(c1ccc(OC2CCCC2)cc1)S(=O)(=O)c1cccs1. The van der Waals surface area contributed by atoms with Gasteiger partial charge in [0.25, 0.3) is 10.0 Å². The van der Waals surface area contributed by atoms with Gasteiger partial charge in [0, 0.05) is 0 Å². The highest BCUT2D eigenvalue weighted by Crippen LogP contribution is 2.29. The standard InChI is InChI=1S/C18H21NO5S2/c1-23-17(20)13-19(26(21,22)18-7-4-12-25-18)14-8-10-16(11-9-14)24-15-5-2-3-6-15/h4,7-12,15H,2-3,5-6,13H2,1H3. The van der Waals surface area contributed by atoms with E-state index in [1.54, 1.807) is 35.7 Å². The molecule has 0 atom stereocenters. The Morgan fingerprint density at radius 3 is 2.46 bits per heavy atom. The van der Waals surface area contributed by atoms with E-state index in [2.05, 4.69) is 4.74 Å². The van der Waals surface area contributed by atoms with Gasteiger partial charge >= 0.3 is 5.97 Å². The summed E-state index contributed by atoms with van der Waals surface area (Å²) < 4.78 is 37.6. The van der Waals surface area contributed by atoms with Crippen LogP contribution in [0.25, 0.3) is 0 Å². The summed E-state index contributed by atoms with van der Waals surface area (Å²) in [6, 6.07) is 9.95. The fraction of sp³-hybridized carbons (Fsp3) is 0.389. The van der Waals surface area contributed by atoms with Gasteiger partial charge < -0.3 is 9.47 Å². The Kier molecular flexibility index (Phi) is 5.83. The number of nitrogens with zero attached hydrogens (tertiary/aromatic N) is 1. The number of thiophene rings is 1. The summed E-state index contributed by atoms with van der Waals surface area (Å²) in [6.45, 7) is -0.389. The summed E-state index contributed by atoms with van der Waals surface area (Å²) >= 11 is 1.11. The Morgan fingerprint density at radius 1 is 1.19 bits per heavy atom. The molecular weight excluding hydrogens is 374 g/mol. The number of sulfonamides is 1. The van der Waals surface area contributed by atoms with E-state index in [0.717, 1.165) is 28.5 Å². The molecule has 0 amide bonds. The lowest BCUT2D eigenvalue weighted by Gasteiger charge is -2.23. The predicted molar refractivity (Wildman–Crippen MR) is 100 cm³/mol. The number of hydrogen-bond acceptors (Lipinski definition) is 6. The van der Waals surface area contributed by atoms with Crippen molar-refractivity contribution in [2.45, 2.75) is 36.0 Å². The number of carbonyl (C=O) groups excluding carboxylic acids is 1. The molecule has 0 spiro atoms. The topological polar surface area (TPSA) is 72.9 Å². The molecule has 0 N–H and O–H groups in total. The summed E-state index contributed by atoms with van der Waals surface area (Å²) in [4.78, 5) is 11.8. The van der Waals surface area contributed by atoms with Gasteiger partial charge in [0.05, 0.1) is 18.9 Å². The second-order valence-corrected chi connectivity index (χ2v) is 9.07. The first-order chi connectivity index (χ1) is 12.5. The van der Waals surface area contributed by atoms with Gasteiger partial charge in [-0.25, -0.2) is 8.42 Å². The largest absolute Gasteiger partial charge is 0.490 e. The van der Waals surface area contributed by atoms with Gasteiger partial charge in [-0.1, -0.05) is 6.07 Å². The van der Waals surface area contributed by atoms with Crippen LogP contribution in [-0.4, -0.2) is 34.1 Å². The minimum atomic E-state index is -3.84. The normalized spacial score (nSPS) is 15.0. The molecular formula is C18H21NO5S2.